The lowest BCUT2D eigenvalue weighted by atomic mass is 10.0. The standard InChI is InChI=1S/C20H18BrNO4/c1-25-12-16(20(24)26-2)18-15-10-14(21)8-9-17(15)22(19(18)23)11-13-6-4-3-5-7-13/h3-10H,11-12H2,1-2H3/b18-16-. The minimum Gasteiger partial charge on any atom is -0.466 e. The summed E-state index contributed by atoms with van der Waals surface area (Å²) in [5.41, 5.74) is 3.00. The fourth-order valence-electron chi connectivity index (χ4n) is 3.02. The molecule has 1 aliphatic rings. The number of hydrogen-bond acceptors (Lipinski definition) is 4. The van der Waals surface area contributed by atoms with Crippen molar-refractivity contribution in [3.63, 3.8) is 0 Å². The van der Waals surface area contributed by atoms with Gasteiger partial charge in [0.2, 0.25) is 0 Å². The number of rotatable bonds is 5. The van der Waals surface area contributed by atoms with Crippen LogP contribution >= 0.6 is 15.9 Å². The summed E-state index contributed by atoms with van der Waals surface area (Å²) in [7, 11) is 2.77. The average molecular weight is 416 g/mol. The Labute approximate surface area is 160 Å². The first kappa shape index (κ1) is 18.4. The van der Waals surface area contributed by atoms with Crippen LogP contribution in [-0.2, 0) is 25.6 Å². The SMILES string of the molecule is COC/C(C(=O)OC)=C1/C(=O)N(Cc2ccccc2)c2ccc(Br)cc21. The molecule has 2 aromatic rings. The van der Waals surface area contributed by atoms with Crippen molar-refractivity contribution in [2.45, 2.75) is 6.54 Å². The number of carbonyl (C=O) groups excluding carboxylic acids is 2. The van der Waals surface area contributed by atoms with Crippen molar-refractivity contribution in [3.8, 4) is 0 Å². The highest BCUT2D eigenvalue weighted by molar-refractivity contribution is 9.10. The lowest BCUT2D eigenvalue weighted by Crippen LogP contribution is -2.27. The molecule has 0 aliphatic carbocycles. The zero-order chi connectivity index (χ0) is 18.7. The number of anilines is 1. The van der Waals surface area contributed by atoms with Gasteiger partial charge in [-0.1, -0.05) is 46.3 Å². The minimum absolute atomic E-state index is 0.00111. The zero-order valence-corrected chi connectivity index (χ0v) is 16.1. The number of nitrogens with zero attached hydrogens (tertiary/aromatic N) is 1. The van der Waals surface area contributed by atoms with Crippen LogP contribution in [0, 0.1) is 0 Å². The molecule has 0 spiro atoms. The Hall–Kier alpha value is -2.44. The molecule has 5 nitrogen and oxygen atoms in total. The molecule has 3 rings (SSSR count). The van der Waals surface area contributed by atoms with Gasteiger partial charge in [0.15, 0.2) is 0 Å². The molecule has 0 N–H and O–H groups in total. The molecule has 2 aromatic carbocycles. The number of ether oxygens (including phenoxy) is 2. The fraction of sp³-hybridized carbons (Fsp3) is 0.200. The Bertz CT molecular complexity index is 877. The first-order valence-electron chi connectivity index (χ1n) is 8.03. The van der Waals surface area contributed by atoms with Gasteiger partial charge in [-0.25, -0.2) is 4.79 Å². The second-order valence-corrected chi connectivity index (χ2v) is 6.73. The van der Waals surface area contributed by atoms with E-state index >= 15 is 0 Å². The van der Waals surface area contributed by atoms with E-state index in [1.807, 2.05) is 48.5 Å². The van der Waals surface area contributed by atoms with E-state index in [2.05, 4.69) is 15.9 Å². The van der Waals surface area contributed by atoms with Gasteiger partial charge in [0, 0.05) is 17.1 Å². The Morgan fingerprint density at radius 3 is 2.50 bits per heavy atom. The van der Waals surface area contributed by atoms with E-state index in [1.54, 1.807) is 4.90 Å². The number of carbonyl (C=O) groups is 2. The second-order valence-electron chi connectivity index (χ2n) is 5.82. The number of amides is 1. The van der Waals surface area contributed by atoms with Crippen LogP contribution in [0.3, 0.4) is 0 Å². The van der Waals surface area contributed by atoms with Crippen molar-refractivity contribution in [2.24, 2.45) is 0 Å². The second kappa shape index (κ2) is 7.85. The van der Waals surface area contributed by atoms with Crippen molar-refractivity contribution < 1.29 is 19.1 Å². The maximum atomic E-state index is 13.2. The molecule has 0 saturated heterocycles. The van der Waals surface area contributed by atoms with E-state index in [0.717, 1.165) is 15.7 Å². The van der Waals surface area contributed by atoms with Crippen molar-refractivity contribution >= 4 is 39.1 Å². The Kier molecular flexibility index (Phi) is 5.54. The summed E-state index contributed by atoms with van der Waals surface area (Å²) in [4.78, 5) is 27.1. The van der Waals surface area contributed by atoms with Gasteiger partial charge in [-0.3, -0.25) is 4.79 Å². The topological polar surface area (TPSA) is 55.8 Å². The molecule has 1 amide bonds. The maximum absolute atomic E-state index is 13.2. The molecule has 0 saturated carbocycles. The van der Waals surface area contributed by atoms with Crippen LogP contribution in [-0.4, -0.2) is 32.7 Å². The molecule has 0 radical (unpaired) electrons. The zero-order valence-electron chi connectivity index (χ0n) is 14.5. The monoisotopic (exact) mass is 415 g/mol. The molecule has 0 aromatic heterocycles. The van der Waals surface area contributed by atoms with Gasteiger partial charge in [-0.2, -0.15) is 0 Å². The predicted octanol–water partition coefficient (Wildman–Crippen LogP) is 3.57. The molecule has 26 heavy (non-hydrogen) atoms. The fourth-order valence-corrected chi connectivity index (χ4v) is 3.38. The van der Waals surface area contributed by atoms with Crippen LogP contribution in [0.1, 0.15) is 11.1 Å². The first-order valence-corrected chi connectivity index (χ1v) is 8.82. The third-order valence-electron chi connectivity index (χ3n) is 4.18. The lowest BCUT2D eigenvalue weighted by molar-refractivity contribution is -0.136. The van der Waals surface area contributed by atoms with Gasteiger partial charge >= 0.3 is 5.97 Å². The largest absolute Gasteiger partial charge is 0.466 e. The van der Waals surface area contributed by atoms with Gasteiger partial charge < -0.3 is 14.4 Å². The van der Waals surface area contributed by atoms with E-state index in [-0.39, 0.29) is 18.1 Å². The molecule has 1 heterocycles. The lowest BCUT2D eigenvalue weighted by Gasteiger charge is -2.17. The summed E-state index contributed by atoms with van der Waals surface area (Å²) in [5.74, 6) is -0.804. The van der Waals surface area contributed by atoms with Crippen LogP contribution in [0.25, 0.3) is 5.57 Å². The van der Waals surface area contributed by atoms with Crippen molar-refractivity contribution in [2.75, 3.05) is 25.7 Å². The molecule has 0 fully saturated rings. The third kappa shape index (κ3) is 3.43. The molecular formula is C20H18BrNO4. The number of methoxy groups -OCH3 is 2. The number of fused-ring (bicyclic) bond motifs is 1. The summed E-state index contributed by atoms with van der Waals surface area (Å²) in [6, 6.07) is 15.3. The molecule has 0 unspecified atom stereocenters. The Morgan fingerprint density at radius 2 is 1.85 bits per heavy atom. The Balaban J connectivity index is 2.14. The normalized spacial score (nSPS) is 15.0. The van der Waals surface area contributed by atoms with E-state index in [4.69, 9.17) is 9.47 Å². The number of esters is 1. The summed E-state index contributed by atoms with van der Waals surface area (Å²) in [6.07, 6.45) is 0. The highest BCUT2D eigenvalue weighted by atomic mass is 79.9. The van der Waals surface area contributed by atoms with Gasteiger partial charge in [-0.15, -0.1) is 0 Å². The van der Waals surface area contributed by atoms with Gasteiger partial charge in [0.25, 0.3) is 5.91 Å². The van der Waals surface area contributed by atoms with Crippen LogP contribution in [0.5, 0.6) is 0 Å². The van der Waals surface area contributed by atoms with Crippen LogP contribution in [0.2, 0.25) is 0 Å². The predicted molar refractivity (Wildman–Crippen MR) is 103 cm³/mol. The summed E-state index contributed by atoms with van der Waals surface area (Å²) in [6.45, 7) is 0.415. The first-order chi connectivity index (χ1) is 12.6. The van der Waals surface area contributed by atoms with E-state index in [0.29, 0.717) is 17.7 Å². The minimum atomic E-state index is -0.567. The maximum Gasteiger partial charge on any atom is 0.336 e. The van der Waals surface area contributed by atoms with Crippen molar-refractivity contribution in [1.82, 2.24) is 0 Å². The van der Waals surface area contributed by atoms with Gasteiger partial charge in [-0.05, 0) is 23.8 Å². The third-order valence-corrected chi connectivity index (χ3v) is 4.68. The highest BCUT2D eigenvalue weighted by Gasteiger charge is 2.36. The van der Waals surface area contributed by atoms with Crippen LogP contribution in [0.4, 0.5) is 5.69 Å². The molecule has 0 bridgehead atoms. The molecule has 134 valence electrons. The molecule has 1 aliphatic heterocycles. The van der Waals surface area contributed by atoms with Crippen LogP contribution in [0.15, 0.2) is 58.6 Å². The van der Waals surface area contributed by atoms with Crippen molar-refractivity contribution in [3.05, 3.63) is 69.7 Å². The number of hydrogen-bond donors (Lipinski definition) is 0. The van der Waals surface area contributed by atoms with E-state index in [1.165, 1.54) is 14.2 Å². The highest BCUT2D eigenvalue weighted by Crippen LogP contribution is 2.41. The number of halogens is 1. The molecule has 0 atom stereocenters. The van der Waals surface area contributed by atoms with E-state index in [9.17, 15) is 9.59 Å². The summed E-state index contributed by atoms with van der Waals surface area (Å²) in [5, 5.41) is 0. The van der Waals surface area contributed by atoms with Crippen LogP contribution < -0.4 is 4.90 Å². The van der Waals surface area contributed by atoms with E-state index < -0.39 is 5.97 Å². The smallest absolute Gasteiger partial charge is 0.336 e. The van der Waals surface area contributed by atoms with Crippen molar-refractivity contribution in [1.29, 1.82) is 0 Å². The quantitative estimate of drug-likeness (QED) is 0.553. The summed E-state index contributed by atoms with van der Waals surface area (Å²) >= 11 is 3.44. The average Bonchev–Trinajstić information content (AvgIpc) is 2.91. The number of benzene rings is 2. The van der Waals surface area contributed by atoms with Gasteiger partial charge in [0.1, 0.15) is 0 Å². The Morgan fingerprint density at radius 1 is 1.12 bits per heavy atom. The molecular weight excluding hydrogens is 398 g/mol. The molecule has 6 heteroatoms. The summed E-state index contributed by atoms with van der Waals surface area (Å²) < 4.78 is 10.8. The van der Waals surface area contributed by atoms with Gasteiger partial charge in [0.05, 0.1) is 37.1 Å².